The van der Waals surface area contributed by atoms with Crippen molar-refractivity contribution in [2.75, 3.05) is 6.61 Å². The summed E-state index contributed by atoms with van der Waals surface area (Å²) in [6, 6.07) is 8.36. The van der Waals surface area contributed by atoms with E-state index < -0.39 is 17.4 Å². The first-order valence-electron chi connectivity index (χ1n) is 3.92. The zero-order chi connectivity index (χ0) is 10.4. The van der Waals surface area contributed by atoms with E-state index in [9.17, 15) is 10.1 Å². The highest BCUT2D eigenvalue weighted by atomic mass is 16.7. The smallest absolute Gasteiger partial charge is 0.402 e. The van der Waals surface area contributed by atoms with Crippen LogP contribution >= 0.6 is 0 Å². The van der Waals surface area contributed by atoms with Crippen molar-refractivity contribution in [2.45, 2.75) is 0 Å². The van der Waals surface area contributed by atoms with Crippen molar-refractivity contribution >= 4 is 0 Å². The summed E-state index contributed by atoms with van der Waals surface area (Å²) in [5, 5.41) is 18.9. The number of rotatable bonds is 4. The molecule has 0 atom stereocenters. The molecule has 0 aliphatic carbocycles. The summed E-state index contributed by atoms with van der Waals surface area (Å²) in [6.07, 6.45) is 0.993. The minimum Gasteiger partial charge on any atom is -0.402 e. The number of nitrogens with zero attached hydrogens (tertiary/aromatic N) is 1. The van der Waals surface area contributed by atoms with Crippen molar-refractivity contribution in [2.24, 2.45) is 0 Å². The van der Waals surface area contributed by atoms with Gasteiger partial charge in [0.1, 0.15) is 10.7 Å². The number of aliphatic hydroxyl groups is 1. The van der Waals surface area contributed by atoms with Gasteiger partial charge in [-0.2, -0.15) is 0 Å². The third-order valence-electron chi connectivity index (χ3n) is 1.41. The van der Waals surface area contributed by atoms with Gasteiger partial charge >= 0.3 is 5.88 Å². The van der Waals surface area contributed by atoms with Crippen LogP contribution in [-0.4, -0.2) is 16.6 Å². The van der Waals surface area contributed by atoms with E-state index in [0.717, 1.165) is 6.08 Å². The molecule has 0 bridgehead atoms. The van der Waals surface area contributed by atoms with Gasteiger partial charge in [-0.15, -0.1) is 0 Å². The molecule has 0 aliphatic heterocycles. The van der Waals surface area contributed by atoms with Crippen molar-refractivity contribution in [3.8, 4) is 5.75 Å². The monoisotopic (exact) mass is 195 g/mol. The Morgan fingerprint density at radius 2 is 2.14 bits per heavy atom. The average Bonchev–Trinajstić information content (AvgIpc) is 2.18. The Morgan fingerprint density at radius 1 is 1.50 bits per heavy atom. The van der Waals surface area contributed by atoms with Crippen LogP contribution < -0.4 is 4.74 Å². The van der Waals surface area contributed by atoms with E-state index in [1.54, 1.807) is 30.3 Å². The number of hydrogen-bond donors (Lipinski definition) is 1. The molecule has 1 aromatic rings. The predicted molar refractivity (Wildman–Crippen MR) is 49.2 cm³/mol. The molecule has 1 rings (SSSR count). The second-order valence-corrected chi connectivity index (χ2v) is 2.40. The summed E-state index contributed by atoms with van der Waals surface area (Å²) < 4.78 is 4.92. The van der Waals surface area contributed by atoms with Crippen LogP contribution in [0.3, 0.4) is 0 Å². The Balaban J connectivity index is 2.76. The fourth-order valence-electron chi connectivity index (χ4n) is 0.841. The highest BCUT2D eigenvalue weighted by molar-refractivity contribution is 5.22. The third-order valence-corrected chi connectivity index (χ3v) is 1.41. The first kappa shape index (κ1) is 10.2. The molecule has 1 N–H and O–H groups in total. The summed E-state index contributed by atoms with van der Waals surface area (Å²) in [6.45, 7) is -0.427. The Kier molecular flexibility index (Phi) is 3.63. The lowest BCUT2D eigenvalue weighted by atomic mass is 10.3. The first-order chi connectivity index (χ1) is 6.74. The van der Waals surface area contributed by atoms with Gasteiger partial charge in [-0.3, -0.25) is 10.1 Å². The maximum absolute atomic E-state index is 10.4. The predicted octanol–water partition coefficient (Wildman–Crippen LogP) is 1.18. The highest BCUT2D eigenvalue weighted by Crippen LogP contribution is 2.12. The van der Waals surface area contributed by atoms with Crippen LogP contribution in [0.5, 0.6) is 5.75 Å². The van der Waals surface area contributed by atoms with Crippen LogP contribution in [0.2, 0.25) is 0 Å². The lowest BCUT2D eigenvalue weighted by Crippen LogP contribution is -2.07. The number of benzene rings is 1. The maximum Gasteiger partial charge on any atom is 0.431 e. The highest BCUT2D eigenvalue weighted by Gasteiger charge is 2.11. The summed E-state index contributed by atoms with van der Waals surface area (Å²) in [4.78, 5) is 9.70. The number of para-hydroxylation sites is 1. The van der Waals surface area contributed by atoms with Crippen molar-refractivity contribution in [1.82, 2.24) is 0 Å². The molecule has 0 aliphatic rings. The SMILES string of the molecule is O=[N+]([O-])C(=CCO)Oc1ccccc1. The van der Waals surface area contributed by atoms with Gasteiger partial charge in [0.15, 0.2) is 0 Å². The first-order valence-corrected chi connectivity index (χ1v) is 3.92. The van der Waals surface area contributed by atoms with Gasteiger partial charge in [-0.05, 0) is 12.1 Å². The van der Waals surface area contributed by atoms with E-state index in [1.165, 1.54) is 0 Å². The minimum atomic E-state index is -0.691. The number of nitro groups is 1. The Morgan fingerprint density at radius 3 is 2.64 bits per heavy atom. The molecule has 14 heavy (non-hydrogen) atoms. The maximum atomic E-state index is 10.4. The normalized spacial score (nSPS) is 11.1. The molecule has 0 aromatic heterocycles. The average molecular weight is 195 g/mol. The van der Waals surface area contributed by atoms with Gasteiger partial charge in [0.25, 0.3) is 0 Å². The fourth-order valence-corrected chi connectivity index (χ4v) is 0.841. The molecule has 5 nitrogen and oxygen atoms in total. The quantitative estimate of drug-likeness (QED) is 0.444. The number of aliphatic hydroxyl groups excluding tert-OH is 1. The molecule has 0 fully saturated rings. The standard InChI is InChI=1S/C9H9NO4/c11-7-6-9(10(12)13)14-8-4-2-1-3-5-8/h1-6,11H,7H2. The van der Waals surface area contributed by atoms with Crippen molar-refractivity contribution in [1.29, 1.82) is 0 Å². The molecular weight excluding hydrogens is 186 g/mol. The van der Waals surface area contributed by atoms with Gasteiger partial charge in [0.2, 0.25) is 0 Å². The molecule has 5 heteroatoms. The van der Waals surface area contributed by atoms with Gasteiger partial charge < -0.3 is 9.84 Å². The molecule has 0 saturated carbocycles. The van der Waals surface area contributed by atoms with E-state index in [-0.39, 0.29) is 0 Å². The summed E-state index contributed by atoms with van der Waals surface area (Å²) in [5.41, 5.74) is 0. The topological polar surface area (TPSA) is 72.6 Å². The van der Waals surface area contributed by atoms with Gasteiger partial charge in [-0.1, -0.05) is 18.2 Å². The van der Waals surface area contributed by atoms with Gasteiger partial charge in [-0.25, -0.2) is 0 Å². The van der Waals surface area contributed by atoms with Crippen LogP contribution in [0.1, 0.15) is 0 Å². The van der Waals surface area contributed by atoms with Crippen LogP contribution in [0.4, 0.5) is 0 Å². The fraction of sp³-hybridized carbons (Fsp3) is 0.111. The summed E-state index contributed by atoms with van der Waals surface area (Å²) in [7, 11) is 0. The van der Waals surface area contributed by atoms with E-state index in [4.69, 9.17) is 9.84 Å². The Labute approximate surface area is 80.4 Å². The second-order valence-electron chi connectivity index (χ2n) is 2.40. The number of hydrogen-bond acceptors (Lipinski definition) is 4. The van der Waals surface area contributed by atoms with E-state index in [2.05, 4.69) is 0 Å². The molecule has 74 valence electrons. The van der Waals surface area contributed by atoms with Crippen molar-refractivity contribution in [3.63, 3.8) is 0 Å². The molecule has 0 saturated heterocycles. The van der Waals surface area contributed by atoms with Crippen LogP contribution in [0.15, 0.2) is 42.3 Å². The molecule has 0 radical (unpaired) electrons. The van der Waals surface area contributed by atoms with Crippen LogP contribution in [0.25, 0.3) is 0 Å². The lowest BCUT2D eigenvalue weighted by Gasteiger charge is -2.00. The summed E-state index contributed by atoms with van der Waals surface area (Å²) in [5.74, 6) is -0.109. The second kappa shape index (κ2) is 4.98. The zero-order valence-electron chi connectivity index (χ0n) is 7.29. The van der Waals surface area contributed by atoms with E-state index >= 15 is 0 Å². The van der Waals surface area contributed by atoms with Gasteiger partial charge in [0.05, 0.1) is 12.7 Å². The Hall–Kier alpha value is -1.88. The number of ether oxygens (including phenoxy) is 1. The third kappa shape index (κ3) is 2.87. The largest absolute Gasteiger partial charge is 0.431 e. The molecular formula is C9H9NO4. The Bertz CT molecular complexity index is 334. The minimum absolute atomic E-state index is 0.365. The van der Waals surface area contributed by atoms with Crippen molar-refractivity contribution in [3.05, 3.63) is 52.4 Å². The summed E-state index contributed by atoms with van der Waals surface area (Å²) >= 11 is 0. The van der Waals surface area contributed by atoms with E-state index in [1.807, 2.05) is 0 Å². The molecule has 0 amide bonds. The van der Waals surface area contributed by atoms with Crippen LogP contribution in [0, 0.1) is 10.1 Å². The van der Waals surface area contributed by atoms with Gasteiger partial charge in [0, 0.05) is 0 Å². The molecule has 1 aromatic carbocycles. The molecule has 0 unspecified atom stereocenters. The van der Waals surface area contributed by atoms with E-state index in [0.29, 0.717) is 5.75 Å². The lowest BCUT2D eigenvalue weighted by molar-refractivity contribution is -0.454. The van der Waals surface area contributed by atoms with Crippen molar-refractivity contribution < 1.29 is 14.8 Å². The zero-order valence-corrected chi connectivity index (χ0v) is 7.29. The molecule has 0 heterocycles. The molecule has 0 spiro atoms. The van der Waals surface area contributed by atoms with Crippen LogP contribution in [-0.2, 0) is 0 Å².